The van der Waals surface area contributed by atoms with Crippen molar-refractivity contribution >= 4 is 23.2 Å². The van der Waals surface area contributed by atoms with Gasteiger partial charge in [-0.25, -0.2) is 14.8 Å². The first-order valence-corrected chi connectivity index (χ1v) is 7.73. The second-order valence-corrected chi connectivity index (χ2v) is 6.36. The van der Waals surface area contributed by atoms with Gasteiger partial charge in [0.15, 0.2) is 11.6 Å². The highest BCUT2D eigenvalue weighted by molar-refractivity contribution is 7.09. The number of aryl methyl sites for hydroxylation is 2. The normalized spacial score (nSPS) is 11.1. The Kier molecular flexibility index (Phi) is 4.65. The molecular formula is C15H20N4O2S. The van der Waals surface area contributed by atoms with E-state index in [0.717, 1.165) is 16.4 Å². The summed E-state index contributed by atoms with van der Waals surface area (Å²) in [6.07, 6.45) is 0. The fourth-order valence-corrected chi connectivity index (χ4v) is 2.79. The summed E-state index contributed by atoms with van der Waals surface area (Å²) in [7, 11) is 1.54. The largest absolute Gasteiger partial charge is 0.493 e. The first-order valence-electron chi connectivity index (χ1n) is 6.85. The van der Waals surface area contributed by atoms with Gasteiger partial charge in [0.1, 0.15) is 5.01 Å². The first kappa shape index (κ1) is 16.2. The summed E-state index contributed by atoms with van der Waals surface area (Å²) < 4.78 is 5.20. The van der Waals surface area contributed by atoms with Gasteiger partial charge in [0.2, 0.25) is 0 Å². The number of methoxy groups -OCH3 is 1. The molecule has 118 valence electrons. The maximum atomic E-state index is 12.2. The van der Waals surface area contributed by atoms with Crippen LogP contribution in [0.2, 0.25) is 0 Å². The van der Waals surface area contributed by atoms with Crippen molar-refractivity contribution in [1.82, 2.24) is 15.3 Å². The Bertz CT molecular complexity index is 682. The number of aromatic nitrogens is 2. The van der Waals surface area contributed by atoms with E-state index in [0.29, 0.717) is 11.6 Å². The van der Waals surface area contributed by atoms with Crippen molar-refractivity contribution in [1.29, 1.82) is 0 Å². The Morgan fingerprint density at radius 1 is 1.23 bits per heavy atom. The van der Waals surface area contributed by atoms with E-state index in [1.54, 1.807) is 6.07 Å². The average molecular weight is 320 g/mol. The average Bonchev–Trinajstić information content (AvgIpc) is 2.86. The van der Waals surface area contributed by atoms with Crippen LogP contribution in [0.3, 0.4) is 0 Å². The molecule has 0 aromatic carbocycles. The number of nitrogens with one attached hydrogen (secondary N) is 2. The lowest BCUT2D eigenvalue weighted by molar-refractivity contribution is 0.241. The molecule has 7 heteroatoms. The number of nitrogens with zero attached hydrogens (tertiary/aromatic N) is 2. The van der Waals surface area contributed by atoms with Gasteiger partial charge >= 0.3 is 6.03 Å². The van der Waals surface area contributed by atoms with Crippen LogP contribution in [-0.2, 0) is 5.54 Å². The standard InChI is InChI=1S/C15H20N4O2S/c1-9-6-7-11(21-5)12(16-9)18-14(20)19-15(3,4)13-17-10(2)8-22-13/h6-8H,1-5H3,(H2,16,18,19,20). The molecule has 2 aromatic heterocycles. The molecule has 2 heterocycles. The smallest absolute Gasteiger partial charge is 0.321 e. The summed E-state index contributed by atoms with van der Waals surface area (Å²) in [6.45, 7) is 7.60. The van der Waals surface area contributed by atoms with Crippen molar-refractivity contribution < 1.29 is 9.53 Å². The monoisotopic (exact) mass is 320 g/mol. The molecule has 2 amide bonds. The maximum Gasteiger partial charge on any atom is 0.321 e. The lowest BCUT2D eigenvalue weighted by Crippen LogP contribution is -2.43. The molecule has 0 saturated heterocycles. The highest BCUT2D eigenvalue weighted by Gasteiger charge is 2.26. The molecule has 0 spiro atoms. The van der Waals surface area contributed by atoms with Crippen molar-refractivity contribution in [3.05, 3.63) is 33.9 Å². The van der Waals surface area contributed by atoms with Gasteiger partial charge in [-0.1, -0.05) is 0 Å². The molecule has 0 bridgehead atoms. The molecule has 6 nitrogen and oxygen atoms in total. The van der Waals surface area contributed by atoms with Crippen LogP contribution in [0.4, 0.5) is 10.6 Å². The minimum absolute atomic E-state index is 0.353. The molecule has 0 aliphatic rings. The third-order valence-electron chi connectivity index (χ3n) is 3.03. The molecule has 0 radical (unpaired) electrons. The molecule has 0 atom stereocenters. The first-order chi connectivity index (χ1) is 10.3. The number of pyridine rings is 1. The lowest BCUT2D eigenvalue weighted by atomic mass is 10.1. The van der Waals surface area contributed by atoms with Crippen molar-refractivity contribution in [3.8, 4) is 5.75 Å². The summed E-state index contributed by atoms with van der Waals surface area (Å²) in [5.74, 6) is 0.912. The number of thiazole rings is 1. The van der Waals surface area contributed by atoms with Crippen molar-refractivity contribution in [3.63, 3.8) is 0 Å². The zero-order valence-electron chi connectivity index (χ0n) is 13.4. The van der Waals surface area contributed by atoms with Crippen LogP contribution in [0.25, 0.3) is 0 Å². The topological polar surface area (TPSA) is 76.1 Å². The predicted octanol–water partition coefficient (Wildman–Crippen LogP) is 3.22. The number of carbonyl (C=O) groups excluding carboxylic acids is 1. The second-order valence-electron chi connectivity index (χ2n) is 5.50. The van der Waals surface area contributed by atoms with E-state index in [4.69, 9.17) is 4.74 Å². The number of urea groups is 1. The van der Waals surface area contributed by atoms with Crippen LogP contribution in [0.15, 0.2) is 17.5 Å². The predicted molar refractivity (Wildman–Crippen MR) is 87.6 cm³/mol. The lowest BCUT2D eigenvalue weighted by Gasteiger charge is -2.24. The van der Waals surface area contributed by atoms with Gasteiger partial charge in [-0.15, -0.1) is 11.3 Å². The van der Waals surface area contributed by atoms with Crippen LogP contribution in [0.1, 0.15) is 30.2 Å². The van der Waals surface area contributed by atoms with Crippen molar-refractivity contribution in [2.45, 2.75) is 33.2 Å². The molecule has 22 heavy (non-hydrogen) atoms. The minimum atomic E-state index is -0.569. The summed E-state index contributed by atoms with van der Waals surface area (Å²) >= 11 is 1.52. The molecule has 0 unspecified atom stereocenters. The van der Waals surface area contributed by atoms with Crippen molar-refractivity contribution in [2.75, 3.05) is 12.4 Å². The molecule has 2 aromatic rings. The van der Waals surface area contributed by atoms with Crippen molar-refractivity contribution in [2.24, 2.45) is 0 Å². The van der Waals surface area contributed by atoms with Crippen LogP contribution in [-0.4, -0.2) is 23.1 Å². The third kappa shape index (κ3) is 3.73. The van der Waals surface area contributed by atoms with E-state index in [1.165, 1.54) is 18.4 Å². The quantitative estimate of drug-likeness (QED) is 0.907. The van der Waals surface area contributed by atoms with Crippen LogP contribution in [0.5, 0.6) is 5.75 Å². The number of carbonyl (C=O) groups is 1. The van der Waals surface area contributed by atoms with Gasteiger partial charge in [-0.2, -0.15) is 0 Å². The van der Waals surface area contributed by atoms with Gasteiger partial charge in [-0.3, -0.25) is 5.32 Å². The van der Waals surface area contributed by atoms with Crippen LogP contribution in [0, 0.1) is 13.8 Å². The number of anilines is 1. The third-order valence-corrected chi connectivity index (χ3v) is 4.31. The maximum absolute atomic E-state index is 12.2. The van der Waals surface area contributed by atoms with Gasteiger partial charge in [0, 0.05) is 16.8 Å². The number of hydrogen-bond acceptors (Lipinski definition) is 5. The highest BCUT2D eigenvalue weighted by Crippen LogP contribution is 2.25. The van der Waals surface area contributed by atoms with E-state index in [-0.39, 0.29) is 6.03 Å². The van der Waals surface area contributed by atoms with E-state index in [2.05, 4.69) is 20.6 Å². The number of hydrogen-bond donors (Lipinski definition) is 2. The highest BCUT2D eigenvalue weighted by atomic mass is 32.1. The summed E-state index contributed by atoms with van der Waals surface area (Å²) in [6, 6.07) is 3.24. The fourth-order valence-electron chi connectivity index (χ4n) is 1.92. The Morgan fingerprint density at radius 3 is 2.55 bits per heavy atom. The van der Waals surface area contributed by atoms with E-state index in [1.807, 2.05) is 39.1 Å². The van der Waals surface area contributed by atoms with E-state index >= 15 is 0 Å². The Balaban J connectivity index is 2.11. The number of amides is 2. The molecule has 0 fully saturated rings. The van der Waals surface area contributed by atoms with E-state index < -0.39 is 5.54 Å². The summed E-state index contributed by atoms with van der Waals surface area (Å²) in [5, 5.41) is 8.44. The molecule has 0 aliphatic heterocycles. The number of ether oxygens (including phenoxy) is 1. The Morgan fingerprint density at radius 2 is 1.95 bits per heavy atom. The van der Waals surface area contributed by atoms with Crippen LogP contribution < -0.4 is 15.4 Å². The van der Waals surface area contributed by atoms with Gasteiger partial charge in [0.05, 0.1) is 12.6 Å². The van der Waals surface area contributed by atoms with Crippen LogP contribution >= 0.6 is 11.3 Å². The van der Waals surface area contributed by atoms with Gasteiger partial charge < -0.3 is 10.1 Å². The van der Waals surface area contributed by atoms with E-state index in [9.17, 15) is 4.79 Å². The molecule has 0 aliphatic carbocycles. The zero-order valence-corrected chi connectivity index (χ0v) is 14.2. The molecular weight excluding hydrogens is 300 g/mol. The summed E-state index contributed by atoms with van der Waals surface area (Å²) in [5.41, 5.74) is 1.17. The molecule has 2 rings (SSSR count). The zero-order chi connectivity index (χ0) is 16.3. The van der Waals surface area contributed by atoms with Gasteiger partial charge in [0.25, 0.3) is 0 Å². The Labute approximate surface area is 133 Å². The molecule has 0 saturated carbocycles. The molecule has 2 N–H and O–H groups in total. The SMILES string of the molecule is COc1ccc(C)nc1NC(=O)NC(C)(C)c1nc(C)cs1. The Hall–Kier alpha value is -2.15. The minimum Gasteiger partial charge on any atom is -0.493 e. The number of rotatable bonds is 4. The summed E-state index contributed by atoms with van der Waals surface area (Å²) in [4.78, 5) is 21.0. The fraction of sp³-hybridized carbons (Fsp3) is 0.400. The van der Waals surface area contributed by atoms with Gasteiger partial charge in [-0.05, 0) is 39.8 Å². The second kappa shape index (κ2) is 6.31.